The van der Waals surface area contributed by atoms with Crippen molar-refractivity contribution in [2.45, 2.75) is 64.1 Å². The molecule has 9 heteroatoms. The minimum absolute atomic E-state index is 0.00927. The third-order valence-electron chi connectivity index (χ3n) is 6.34. The first-order chi connectivity index (χ1) is 16.9. The van der Waals surface area contributed by atoms with E-state index in [2.05, 4.69) is 10.6 Å². The van der Waals surface area contributed by atoms with Crippen molar-refractivity contribution in [1.82, 2.24) is 14.5 Å². The van der Waals surface area contributed by atoms with Gasteiger partial charge in [0.15, 0.2) is 0 Å². The zero-order chi connectivity index (χ0) is 24.8. The number of fused-ring (bicyclic) bond motifs is 1. The van der Waals surface area contributed by atoms with Gasteiger partial charge >= 0.3 is 5.69 Å². The molecular weight excluding hydrogens is 451 g/mol. The largest absolute Gasteiger partial charge is 0.353 e. The Morgan fingerprint density at radius 2 is 1.63 bits per heavy atom. The summed E-state index contributed by atoms with van der Waals surface area (Å²) in [4.78, 5) is 51.0. The molecule has 1 aliphatic rings. The van der Waals surface area contributed by atoms with Crippen LogP contribution in [-0.2, 0) is 22.7 Å². The van der Waals surface area contributed by atoms with Crippen molar-refractivity contribution < 1.29 is 14.0 Å². The maximum atomic E-state index is 13.9. The topological polar surface area (TPSA) is 102 Å². The average molecular weight is 481 g/mol. The minimum Gasteiger partial charge on any atom is -0.353 e. The van der Waals surface area contributed by atoms with Crippen molar-refractivity contribution in [3.8, 4) is 0 Å². The molecule has 0 unspecified atom stereocenters. The van der Waals surface area contributed by atoms with Gasteiger partial charge in [-0.25, -0.2) is 9.18 Å². The van der Waals surface area contributed by atoms with Crippen LogP contribution in [0.4, 0.5) is 10.1 Å². The van der Waals surface area contributed by atoms with Gasteiger partial charge in [0, 0.05) is 19.0 Å². The van der Waals surface area contributed by atoms with Gasteiger partial charge < -0.3 is 10.6 Å². The second-order valence-corrected chi connectivity index (χ2v) is 8.88. The number of unbranched alkanes of at least 4 members (excludes halogenated alkanes) is 1. The number of para-hydroxylation sites is 2. The Hall–Kier alpha value is -3.75. The molecule has 0 atom stereocenters. The predicted octanol–water partition coefficient (Wildman–Crippen LogP) is 3.17. The normalized spacial score (nSPS) is 13.7. The zero-order valence-corrected chi connectivity index (χ0v) is 19.5. The van der Waals surface area contributed by atoms with Crippen molar-refractivity contribution in [3.05, 3.63) is 75.2 Å². The molecule has 2 amide bonds. The summed E-state index contributed by atoms with van der Waals surface area (Å²) in [5, 5.41) is 5.82. The van der Waals surface area contributed by atoms with E-state index in [0.29, 0.717) is 30.2 Å². The van der Waals surface area contributed by atoms with Gasteiger partial charge in [-0.15, -0.1) is 0 Å². The van der Waals surface area contributed by atoms with Crippen molar-refractivity contribution in [2.24, 2.45) is 0 Å². The molecule has 8 nitrogen and oxygen atoms in total. The summed E-state index contributed by atoms with van der Waals surface area (Å²) in [6.45, 7) is -0.244. The van der Waals surface area contributed by atoms with Gasteiger partial charge in [-0.05, 0) is 49.9 Å². The molecule has 2 N–H and O–H groups in total. The number of hydrogen-bond acceptors (Lipinski definition) is 4. The van der Waals surface area contributed by atoms with E-state index >= 15 is 0 Å². The first kappa shape index (κ1) is 24.4. The Morgan fingerprint density at radius 3 is 2.40 bits per heavy atom. The molecule has 184 valence electrons. The monoisotopic (exact) mass is 480 g/mol. The predicted molar refractivity (Wildman–Crippen MR) is 132 cm³/mol. The van der Waals surface area contributed by atoms with Crippen LogP contribution in [-0.4, -0.2) is 27.0 Å². The second kappa shape index (κ2) is 11.1. The molecule has 0 aliphatic heterocycles. The lowest BCUT2D eigenvalue weighted by atomic mass is 10.2. The van der Waals surface area contributed by atoms with E-state index in [1.54, 1.807) is 30.3 Å². The van der Waals surface area contributed by atoms with Crippen LogP contribution in [0, 0.1) is 5.82 Å². The zero-order valence-electron chi connectivity index (χ0n) is 19.5. The van der Waals surface area contributed by atoms with Gasteiger partial charge in [-0.3, -0.25) is 23.5 Å². The molecule has 4 rings (SSSR count). The van der Waals surface area contributed by atoms with E-state index in [4.69, 9.17) is 0 Å². The van der Waals surface area contributed by atoms with Crippen LogP contribution in [0.3, 0.4) is 0 Å². The number of carbonyl (C=O) groups is 2. The number of nitrogens with zero attached hydrogens (tertiary/aromatic N) is 2. The molecular formula is C26H29FN4O4. The molecule has 35 heavy (non-hydrogen) atoms. The van der Waals surface area contributed by atoms with Gasteiger partial charge in [-0.1, -0.05) is 37.1 Å². The van der Waals surface area contributed by atoms with Crippen LogP contribution in [0.2, 0.25) is 0 Å². The van der Waals surface area contributed by atoms with E-state index in [-0.39, 0.29) is 30.7 Å². The molecule has 1 heterocycles. The highest BCUT2D eigenvalue weighted by Crippen LogP contribution is 2.18. The highest BCUT2D eigenvalue weighted by molar-refractivity contribution is 5.91. The minimum atomic E-state index is -0.618. The molecule has 0 saturated heterocycles. The quantitative estimate of drug-likeness (QED) is 0.459. The highest BCUT2D eigenvalue weighted by Gasteiger charge is 2.18. The van der Waals surface area contributed by atoms with Crippen molar-refractivity contribution in [3.63, 3.8) is 0 Å². The summed E-state index contributed by atoms with van der Waals surface area (Å²) in [6, 6.07) is 12.6. The molecule has 1 aromatic heterocycles. The molecule has 0 spiro atoms. The van der Waals surface area contributed by atoms with Gasteiger partial charge in [0.05, 0.1) is 16.6 Å². The summed E-state index contributed by atoms with van der Waals surface area (Å²) in [5.41, 5.74) is -0.711. The lowest BCUT2D eigenvalue weighted by Gasteiger charge is -2.15. The van der Waals surface area contributed by atoms with E-state index in [1.807, 2.05) is 0 Å². The lowest BCUT2D eigenvalue weighted by molar-refractivity contribution is -0.122. The smallest absolute Gasteiger partial charge is 0.331 e. The van der Waals surface area contributed by atoms with E-state index in [1.165, 1.54) is 22.8 Å². The number of hydrogen-bond donors (Lipinski definition) is 2. The maximum Gasteiger partial charge on any atom is 0.331 e. The van der Waals surface area contributed by atoms with Gasteiger partial charge in [-0.2, -0.15) is 0 Å². The van der Waals surface area contributed by atoms with Crippen molar-refractivity contribution >= 4 is 28.4 Å². The number of halogens is 1. The van der Waals surface area contributed by atoms with Crippen LogP contribution in [0.25, 0.3) is 10.9 Å². The molecule has 0 radical (unpaired) electrons. The molecule has 1 saturated carbocycles. The van der Waals surface area contributed by atoms with E-state index in [0.717, 1.165) is 30.3 Å². The SMILES string of the molecule is O=C(Cn1c(=O)n(CCCCC(=O)NC2CCCC2)c(=O)c2ccccc21)Nc1ccccc1F. The number of benzene rings is 2. The summed E-state index contributed by atoms with van der Waals surface area (Å²) >= 11 is 0. The summed E-state index contributed by atoms with van der Waals surface area (Å²) in [5.74, 6) is -1.18. The van der Waals surface area contributed by atoms with Gasteiger partial charge in [0.2, 0.25) is 11.8 Å². The van der Waals surface area contributed by atoms with Crippen LogP contribution < -0.4 is 21.9 Å². The van der Waals surface area contributed by atoms with E-state index in [9.17, 15) is 23.6 Å². The molecule has 0 bridgehead atoms. The van der Waals surface area contributed by atoms with E-state index < -0.39 is 23.0 Å². The van der Waals surface area contributed by atoms with Crippen LogP contribution in [0.1, 0.15) is 44.9 Å². The number of rotatable bonds is 9. The summed E-state index contributed by atoms with van der Waals surface area (Å²) < 4.78 is 16.3. The molecule has 3 aromatic rings. The van der Waals surface area contributed by atoms with Gasteiger partial charge in [0.25, 0.3) is 5.56 Å². The third kappa shape index (κ3) is 5.85. The Balaban J connectivity index is 1.48. The molecule has 1 aliphatic carbocycles. The average Bonchev–Trinajstić information content (AvgIpc) is 3.35. The summed E-state index contributed by atoms with van der Waals surface area (Å²) in [7, 11) is 0. The number of carbonyl (C=O) groups excluding carboxylic acids is 2. The van der Waals surface area contributed by atoms with Gasteiger partial charge in [0.1, 0.15) is 12.4 Å². The third-order valence-corrected chi connectivity index (χ3v) is 6.34. The van der Waals surface area contributed by atoms with Crippen LogP contribution in [0.15, 0.2) is 58.1 Å². The van der Waals surface area contributed by atoms with Crippen molar-refractivity contribution in [2.75, 3.05) is 5.32 Å². The standard InChI is InChI=1S/C26H29FN4O4/c27-20-12-4-5-13-21(20)29-24(33)17-31-22-14-6-3-11-19(22)25(34)30(26(31)35)16-8-7-15-23(32)28-18-9-1-2-10-18/h3-6,11-14,18H,1-2,7-10,15-17H2,(H,28,32)(H,29,33). The number of aromatic nitrogens is 2. The fraction of sp³-hybridized carbons (Fsp3) is 0.385. The Bertz CT molecular complexity index is 1340. The number of amides is 2. The number of nitrogens with one attached hydrogen (secondary N) is 2. The highest BCUT2D eigenvalue weighted by atomic mass is 19.1. The second-order valence-electron chi connectivity index (χ2n) is 8.88. The Morgan fingerprint density at radius 1 is 0.914 bits per heavy atom. The Kier molecular flexibility index (Phi) is 7.74. The summed E-state index contributed by atoms with van der Waals surface area (Å²) in [6.07, 6.45) is 5.64. The molecule has 2 aromatic carbocycles. The first-order valence-electron chi connectivity index (χ1n) is 12.0. The maximum absolute atomic E-state index is 13.9. The fourth-order valence-corrected chi connectivity index (χ4v) is 4.54. The van der Waals surface area contributed by atoms with Crippen LogP contribution >= 0.6 is 0 Å². The fourth-order valence-electron chi connectivity index (χ4n) is 4.54. The lowest BCUT2D eigenvalue weighted by Crippen LogP contribution is -2.41. The van der Waals surface area contributed by atoms with Crippen LogP contribution in [0.5, 0.6) is 0 Å². The molecule has 1 fully saturated rings. The number of anilines is 1. The van der Waals surface area contributed by atoms with Crippen molar-refractivity contribution in [1.29, 1.82) is 0 Å². The Labute approximate surface area is 201 Å². The first-order valence-corrected chi connectivity index (χ1v) is 12.0.